The molecule has 0 aliphatic rings. The second-order valence-corrected chi connectivity index (χ2v) is 6.70. The third-order valence-electron chi connectivity index (χ3n) is 4.94. The molecule has 0 aliphatic heterocycles. The van der Waals surface area contributed by atoms with Gasteiger partial charge in [0.15, 0.2) is 0 Å². The lowest BCUT2D eigenvalue weighted by atomic mass is 9.94. The maximum atomic E-state index is 6.33. The van der Waals surface area contributed by atoms with E-state index in [9.17, 15) is 0 Å². The van der Waals surface area contributed by atoms with Gasteiger partial charge in [-0.2, -0.15) is 0 Å². The highest BCUT2D eigenvalue weighted by atomic mass is 16.3. The zero-order valence-corrected chi connectivity index (χ0v) is 14.6. The molecule has 124 valence electrons. The standard InChI is InChI=1S/C25H18O/c1-17-8-7-11-19(16-17)20-14-15-21(18-9-3-2-4-10-18)25-24(20)22-12-5-6-13-23(22)26-25/h2-16H,1H3. The number of para-hydroxylation sites is 1. The van der Waals surface area contributed by atoms with Crippen molar-refractivity contribution < 1.29 is 4.42 Å². The predicted octanol–water partition coefficient (Wildman–Crippen LogP) is 7.23. The van der Waals surface area contributed by atoms with E-state index in [1.165, 1.54) is 27.6 Å². The van der Waals surface area contributed by atoms with Crippen LogP contribution >= 0.6 is 0 Å². The maximum absolute atomic E-state index is 6.33. The van der Waals surface area contributed by atoms with Crippen LogP contribution in [0.5, 0.6) is 0 Å². The van der Waals surface area contributed by atoms with Crippen molar-refractivity contribution in [1.29, 1.82) is 0 Å². The van der Waals surface area contributed by atoms with Gasteiger partial charge >= 0.3 is 0 Å². The number of furan rings is 1. The van der Waals surface area contributed by atoms with Crippen LogP contribution in [0.1, 0.15) is 5.56 Å². The zero-order valence-electron chi connectivity index (χ0n) is 14.6. The van der Waals surface area contributed by atoms with Crippen LogP contribution in [0, 0.1) is 6.92 Å². The minimum absolute atomic E-state index is 0.930. The van der Waals surface area contributed by atoms with Crippen molar-refractivity contribution in [2.45, 2.75) is 6.92 Å². The van der Waals surface area contributed by atoms with Crippen molar-refractivity contribution in [3.63, 3.8) is 0 Å². The summed E-state index contributed by atoms with van der Waals surface area (Å²) in [5.74, 6) is 0. The fraction of sp³-hybridized carbons (Fsp3) is 0.0400. The Bertz CT molecular complexity index is 1230. The van der Waals surface area contributed by atoms with Crippen molar-refractivity contribution in [3.8, 4) is 22.3 Å². The lowest BCUT2D eigenvalue weighted by molar-refractivity contribution is 0.670. The Hall–Kier alpha value is -3.32. The predicted molar refractivity (Wildman–Crippen MR) is 109 cm³/mol. The number of rotatable bonds is 2. The highest BCUT2D eigenvalue weighted by Crippen LogP contribution is 2.41. The topological polar surface area (TPSA) is 13.1 Å². The Morgan fingerprint density at radius 3 is 2.19 bits per heavy atom. The van der Waals surface area contributed by atoms with Crippen LogP contribution < -0.4 is 0 Å². The molecule has 0 spiro atoms. The summed E-state index contributed by atoms with van der Waals surface area (Å²) >= 11 is 0. The molecule has 0 saturated carbocycles. The molecular formula is C25H18O. The maximum Gasteiger partial charge on any atom is 0.143 e. The van der Waals surface area contributed by atoms with Gasteiger partial charge in [0, 0.05) is 16.3 Å². The molecule has 1 heterocycles. The summed E-state index contributed by atoms with van der Waals surface area (Å²) in [6, 6.07) is 31.8. The molecule has 5 aromatic rings. The molecule has 5 rings (SSSR count). The highest BCUT2D eigenvalue weighted by molar-refractivity contribution is 6.16. The van der Waals surface area contributed by atoms with Gasteiger partial charge in [-0.3, -0.25) is 0 Å². The molecule has 1 nitrogen and oxygen atoms in total. The Labute approximate surface area is 152 Å². The lowest BCUT2D eigenvalue weighted by Gasteiger charge is -2.09. The number of aryl methyl sites for hydroxylation is 1. The smallest absolute Gasteiger partial charge is 0.143 e. The minimum Gasteiger partial charge on any atom is -0.455 e. The van der Waals surface area contributed by atoms with Crippen molar-refractivity contribution in [3.05, 3.63) is 96.6 Å². The number of hydrogen-bond donors (Lipinski definition) is 0. The van der Waals surface area contributed by atoms with Crippen molar-refractivity contribution in [1.82, 2.24) is 0 Å². The van der Waals surface area contributed by atoms with Crippen LogP contribution in [0.25, 0.3) is 44.2 Å². The summed E-state index contributed by atoms with van der Waals surface area (Å²) in [7, 11) is 0. The van der Waals surface area contributed by atoms with Crippen LogP contribution in [0.15, 0.2) is 95.4 Å². The van der Waals surface area contributed by atoms with E-state index in [2.05, 4.69) is 79.7 Å². The molecule has 1 aromatic heterocycles. The van der Waals surface area contributed by atoms with Gasteiger partial charge < -0.3 is 4.42 Å². The van der Waals surface area contributed by atoms with Crippen molar-refractivity contribution in [2.24, 2.45) is 0 Å². The van der Waals surface area contributed by atoms with Crippen LogP contribution in [-0.4, -0.2) is 0 Å². The number of fused-ring (bicyclic) bond motifs is 3. The third kappa shape index (κ3) is 2.33. The van der Waals surface area contributed by atoms with Crippen LogP contribution in [0.2, 0.25) is 0 Å². The van der Waals surface area contributed by atoms with E-state index >= 15 is 0 Å². The quantitative estimate of drug-likeness (QED) is 0.332. The van der Waals surface area contributed by atoms with Gasteiger partial charge in [0.05, 0.1) is 0 Å². The van der Waals surface area contributed by atoms with Gasteiger partial charge in [0.25, 0.3) is 0 Å². The molecular weight excluding hydrogens is 316 g/mol. The summed E-state index contributed by atoms with van der Waals surface area (Å²) in [5, 5.41) is 2.35. The summed E-state index contributed by atoms with van der Waals surface area (Å²) in [6.45, 7) is 2.13. The van der Waals surface area contributed by atoms with E-state index < -0.39 is 0 Å². The van der Waals surface area contributed by atoms with E-state index in [4.69, 9.17) is 4.42 Å². The largest absolute Gasteiger partial charge is 0.455 e. The average Bonchev–Trinajstić information content (AvgIpc) is 3.07. The highest BCUT2D eigenvalue weighted by Gasteiger charge is 2.16. The van der Waals surface area contributed by atoms with Gasteiger partial charge in [-0.1, -0.05) is 84.4 Å². The molecule has 0 aliphatic carbocycles. The van der Waals surface area contributed by atoms with Crippen molar-refractivity contribution >= 4 is 21.9 Å². The minimum atomic E-state index is 0.930. The first kappa shape index (κ1) is 15.0. The lowest BCUT2D eigenvalue weighted by Crippen LogP contribution is -1.84. The summed E-state index contributed by atoms with van der Waals surface area (Å²) in [5.41, 5.74) is 7.89. The van der Waals surface area contributed by atoms with E-state index in [1.807, 2.05) is 18.2 Å². The van der Waals surface area contributed by atoms with Crippen LogP contribution in [-0.2, 0) is 0 Å². The fourth-order valence-corrected chi connectivity index (χ4v) is 3.73. The third-order valence-corrected chi connectivity index (χ3v) is 4.94. The van der Waals surface area contributed by atoms with Gasteiger partial charge in [0.2, 0.25) is 0 Å². The Morgan fingerprint density at radius 2 is 1.35 bits per heavy atom. The molecule has 0 bridgehead atoms. The van der Waals surface area contributed by atoms with Crippen molar-refractivity contribution in [2.75, 3.05) is 0 Å². The van der Waals surface area contributed by atoms with E-state index in [1.54, 1.807) is 0 Å². The molecule has 1 heteroatoms. The molecule has 0 atom stereocenters. The molecule has 0 unspecified atom stereocenters. The average molecular weight is 334 g/mol. The van der Waals surface area contributed by atoms with Gasteiger partial charge in [0.1, 0.15) is 11.2 Å². The van der Waals surface area contributed by atoms with E-state index in [0.29, 0.717) is 0 Å². The first-order chi connectivity index (χ1) is 12.8. The zero-order chi connectivity index (χ0) is 17.5. The summed E-state index contributed by atoms with van der Waals surface area (Å²) in [6.07, 6.45) is 0. The summed E-state index contributed by atoms with van der Waals surface area (Å²) < 4.78 is 6.33. The molecule has 26 heavy (non-hydrogen) atoms. The second kappa shape index (κ2) is 5.89. The van der Waals surface area contributed by atoms with Crippen LogP contribution in [0.4, 0.5) is 0 Å². The number of hydrogen-bond acceptors (Lipinski definition) is 1. The molecule has 0 radical (unpaired) electrons. The fourth-order valence-electron chi connectivity index (χ4n) is 3.73. The monoisotopic (exact) mass is 334 g/mol. The SMILES string of the molecule is Cc1cccc(-c2ccc(-c3ccccc3)c3oc4ccccc4c23)c1. The van der Waals surface area contributed by atoms with Gasteiger partial charge in [-0.05, 0) is 35.7 Å². The van der Waals surface area contributed by atoms with Gasteiger partial charge in [-0.15, -0.1) is 0 Å². The summed E-state index contributed by atoms with van der Waals surface area (Å²) in [4.78, 5) is 0. The Morgan fingerprint density at radius 1 is 0.615 bits per heavy atom. The molecule has 4 aromatic carbocycles. The Balaban J connectivity index is 1.91. The molecule has 0 saturated heterocycles. The first-order valence-electron chi connectivity index (χ1n) is 8.88. The van der Waals surface area contributed by atoms with Gasteiger partial charge in [-0.25, -0.2) is 0 Å². The van der Waals surface area contributed by atoms with E-state index in [0.717, 1.165) is 22.1 Å². The molecule has 0 N–H and O–H groups in total. The van der Waals surface area contributed by atoms with E-state index in [-0.39, 0.29) is 0 Å². The number of benzene rings is 4. The Kier molecular flexibility index (Phi) is 3.39. The second-order valence-electron chi connectivity index (χ2n) is 6.70. The normalized spacial score (nSPS) is 11.3. The van der Waals surface area contributed by atoms with Crippen LogP contribution in [0.3, 0.4) is 0 Å². The molecule has 0 fully saturated rings. The first-order valence-corrected chi connectivity index (χ1v) is 8.88. The molecule has 0 amide bonds.